The van der Waals surface area contributed by atoms with E-state index >= 15 is 0 Å². The monoisotopic (exact) mass is 388 g/mol. The highest BCUT2D eigenvalue weighted by Crippen LogP contribution is 2.33. The molecule has 6 nitrogen and oxygen atoms in total. The average molecular weight is 389 g/mol. The van der Waals surface area contributed by atoms with Crippen LogP contribution >= 0.6 is 11.6 Å². The number of hydrogen-bond acceptors (Lipinski definition) is 5. The molecule has 26 heavy (non-hydrogen) atoms. The first-order chi connectivity index (χ1) is 12.3. The van der Waals surface area contributed by atoms with Gasteiger partial charge in [-0.25, -0.2) is 23.5 Å². The van der Waals surface area contributed by atoms with E-state index in [4.69, 9.17) is 22.5 Å². The van der Waals surface area contributed by atoms with Crippen molar-refractivity contribution in [3.63, 3.8) is 0 Å². The van der Waals surface area contributed by atoms with Crippen LogP contribution in [0.3, 0.4) is 0 Å². The van der Waals surface area contributed by atoms with E-state index in [0.717, 1.165) is 5.56 Å². The Morgan fingerprint density at radius 1 is 1.15 bits per heavy atom. The number of aryl methyl sites for hydroxylation is 1. The molecule has 0 bridgehead atoms. The molecule has 3 aromatic rings. The molecule has 2 aromatic carbocycles. The lowest BCUT2D eigenvalue weighted by Crippen LogP contribution is -2.14. The molecule has 134 valence electrons. The number of anilines is 1. The van der Waals surface area contributed by atoms with Gasteiger partial charge in [-0.3, -0.25) is 0 Å². The molecule has 0 saturated carbocycles. The quantitative estimate of drug-likeness (QED) is 0.713. The smallest absolute Gasteiger partial charge is 0.239 e. The van der Waals surface area contributed by atoms with Gasteiger partial charge in [-0.1, -0.05) is 41.9 Å². The second-order valence-electron chi connectivity index (χ2n) is 5.88. The number of sulfonamides is 1. The number of aromatic nitrogens is 2. The molecule has 0 unspecified atom stereocenters. The van der Waals surface area contributed by atoms with E-state index in [2.05, 4.69) is 9.97 Å². The predicted molar refractivity (Wildman–Crippen MR) is 102 cm³/mol. The zero-order chi connectivity index (χ0) is 18.9. The van der Waals surface area contributed by atoms with Crippen LogP contribution < -0.4 is 10.9 Å². The van der Waals surface area contributed by atoms with Crippen molar-refractivity contribution >= 4 is 27.6 Å². The first kappa shape index (κ1) is 18.3. The van der Waals surface area contributed by atoms with E-state index in [0.29, 0.717) is 28.8 Å². The number of rotatable bonds is 4. The molecule has 0 saturated heterocycles. The lowest BCUT2D eigenvalue weighted by molar-refractivity contribution is 0.597. The second kappa shape index (κ2) is 7.03. The summed E-state index contributed by atoms with van der Waals surface area (Å²) in [6.45, 7) is 1.77. The summed E-state index contributed by atoms with van der Waals surface area (Å²) in [5.74, 6) is 0.149. The van der Waals surface area contributed by atoms with Crippen LogP contribution in [-0.2, 0) is 16.4 Å². The van der Waals surface area contributed by atoms with E-state index in [1.54, 1.807) is 13.1 Å². The number of nitrogens with two attached hydrogens (primary N) is 2. The first-order valence-corrected chi connectivity index (χ1v) is 9.67. The van der Waals surface area contributed by atoms with Crippen LogP contribution in [-0.4, -0.2) is 18.4 Å². The highest BCUT2D eigenvalue weighted by Gasteiger charge is 2.19. The standard InChI is InChI=1S/C18H17ClN4O2S/c1-11-15(10-22-18(20)23-11)13-8-14(7-12-5-3-2-4-6-12)17(19)16(9-13)26(21,24)25/h2-6,8-10H,7H2,1H3,(H2,20,22,23)(H2,21,24,25). The molecule has 0 radical (unpaired) electrons. The maximum atomic E-state index is 12.0. The maximum Gasteiger partial charge on any atom is 0.239 e. The summed E-state index contributed by atoms with van der Waals surface area (Å²) >= 11 is 6.36. The van der Waals surface area contributed by atoms with Crippen LogP contribution in [0.4, 0.5) is 5.95 Å². The van der Waals surface area contributed by atoms with Crippen molar-refractivity contribution in [2.24, 2.45) is 5.14 Å². The van der Waals surface area contributed by atoms with Gasteiger partial charge in [-0.15, -0.1) is 0 Å². The summed E-state index contributed by atoms with van der Waals surface area (Å²) in [6, 6.07) is 12.9. The van der Waals surface area contributed by atoms with E-state index in [1.807, 2.05) is 36.4 Å². The van der Waals surface area contributed by atoms with Crippen molar-refractivity contribution in [2.75, 3.05) is 5.73 Å². The SMILES string of the molecule is Cc1nc(N)ncc1-c1cc(Cc2ccccc2)c(Cl)c(S(N)(=O)=O)c1. The zero-order valence-corrected chi connectivity index (χ0v) is 15.6. The number of hydrogen-bond donors (Lipinski definition) is 2. The number of nitrogens with zero attached hydrogens (tertiary/aromatic N) is 2. The van der Waals surface area contributed by atoms with Gasteiger partial charge < -0.3 is 5.73 Å². The molecule has 8 heteroatoms. The summed E-state index contributed by atoms with van der Waals surface area (Å²) in [5.41, 5.74) is 9.15. The van der Waals surface area contributed by atoms with E-state index < -0.39 is 10.0 Å². The van der Waals surface area contributed by atoms with Crippen molar-refractivity contribution in [1.29, 1.82) is 0 Å². The minimum atomic E-state index is -4.00. The summed E-state index contributed by atoms with van der Waals surface area (Å²) in [6.07, 6.45) is 2.02. The molecule has 3 rings (SSSR count). The Kier molecular flexibility index (Phi) is 4.95. The molecule has 0 atom stereocenters. The fourth-order valence-corrected chi connectivity index (χ4v) is 3.90. The molecule has 0 spiro atoms. The molecule has 0 fully saturated rings. The van der Waals surface area contributed by atoms with E-state index in [9.17, 15) is 8.42 Å². The van der Waals surface area contributed by atoms with Gasteiger partial charge in [0.15, 0.2) is 0 Å². The highest BCUT2D eigenvalue weighted by molar-refractivity contribution is 7.89. The summed E-state index contributed by atoms with van der Waals surface area (Å²) < 4.78 is 24.0. The molecule has 1 aromatic heterocycles. The highest BCUT2D eigenvalue weighted by atomic mass is 35.5. The lowest BCUT2D eigenvalue weighted by Gasteiger charge is -2.13. The third-order valence-electron chi connectivity index (χ3n) is 3.97. The van der Waals surface area contributed by atoms with Crippen molar-refractivity contribution in [2.45, 2.75) is 18.2 Å². The zero-order valence-electron chi connectivity index (χ0n) is 14.0. The summed E-state index contributed by atoms with van der Waals surface area (Å²) in [7, 11) is -4.00. The van der Waals surface area contributed by atoms with Crippen molar-refractivity contribution in [1.82, 2.24) is 9.97 Å². The van der Waals surface area contributed by atoms with Crippen LogP contribution in [0, 0.1) is 6.92 Å². The predicted octanol–water partition coefficient (Wildman–Crippen LogP) is 2.93. The van der Waals surface area contributed by atoms with Gasteiger partial charge in [0.1, 0.15) is 4.90 Å². The van der Waals surface area contributed by atoms with Gasteiger partial charge in [-0.05, 0) is 42.2 Å². The largest absolute Gasteiger partial charge is 0.368 e. The number of primary sulfonamides is 1. The molecular formula is C18H17ClN4O2S. The van der Waals surface area contributed by atoms with Gasteiger partial charge in [0, 0.05) is 11.8 Å². The normalized spacial score (nSPS) is 11.5. The molecule has 0 amide bonds. The molecule has 4 N–H and O–H groups in total. The first-order valence-electron chi connectivity index (χ1n) is 7.74. The fraction of sp³-hybridized carbons (Fsp3) is 0.111. The summed E-state index contributed by atoms with van der Waals surface area (Å²) in [5, 5.41) is 5.49. The van der Waals surface area contributed by atoms with Crippen LogP contribution in [0.2, 0.25) is 5.02 Å². The van der Waals surface area contributed by atoms with Crippen LogP contribution in [0.5, 0.6) is 0 Å². The Labute approximate surface area is 156 Å². The fourth-order valence-electron chi connectivity index (χ4n) is 2.73. The maximum absolute atomic E-state index is 12.0. The molecule has 1 heterocycles. The van der Waals surface area contributed by atoms with Gasteiger partial charge in [-0.2, -0.15) is 0 Å². The Bertz CT molecular complexity index is 1070. The van der Waals surface area contributed by atoms with E-state index in [-0.39, 0.29) is 15.9 Å². The molecule has 0 aliphatic rings. The van der Waals surface area contributed by atoms with Crippen LogP contribution in [0.15, 0.2) is 53.6 Å². The van der Waals surface area contributed by atoms with Gasteiger partial charge in [0.25, 0.3) is 0 Å². The minimum absolute atomic E-state index is 0.120. The van der Waals surface area contributed by atoms with Gasteiger partial charge in [0.05, 0.1) is 10.7 Å². The van der Waals surface area contributed by atoms with E-state index in [1.165, 1.54) is 6.07 Å². The third-order valence-corrected chi connectivity index (χ3v) is 5.46. The number of benzene rings is 2. The Balaban J connectivity index is 2.21. The minimum Gasteiger partial charge on any atom is -0.368 e. The average Bonchev–Trinajstić information content (AvgIpc) is 2.57. The summed E-state index contributed by atoms with van der Waals surface area (Å²) in [4.78, 5) is 8.00. The van der Waals surface area contributed by atoms with Crippen LogP contribution in [0.1, 0.15) is 16.8 Å². The second-order valence-corrected chi connectivity index (χ2v) is 7.79. The number of halogens is 1. The van der Waals surface area contributed by atoms with Crippen LogP contribution in [0.25, 0.3) is 11.1 Å². The molecule has 0 aliphatic heterocycles. The lowest BCUT2D eigenvalue weighted by atomic mass is 9.99. The van der Waals surface area contributed by atoms with Crippen molar-refractivity contribution in [3.05, 3.63) is 70.5 Å². The Morgan fingerprint density at radius 3 is 2.46 bits per heavy atom. The Morgan fingerprint density at radius 2 is 1.85 bits per heavy atom. The number of nitrogen functional groups attached to an aromatic ring is 1. The van der Waals surface area contributed by atoms with Crippen molar-refractivity contribution in [3.8, 4) is 11.1 Å². The van der Waals surface area contributed by atoms with Gasteiger partial charge in [0.2, 0.25) is 16.0 Å². The molecule has 0 aliphatic carbocycles. The third kappa shape index (κ3) is 3.85. The van der Waals surface area contributed by atoms with Crippen molar-refractivity contribution < 1.29 is 8.42 Å². The van der Waals surface area contributed by atoms with Gasteiger partial charge >= 0.3 is 0 Å². The Hall–Kier alpha value is -2.48. The molecular weight excluding hydrogens is 372 g/mol. The topological polar surface area (TPSA) is 112 Å².